The molecule has 1 aliphatic carbocycles. The lowest BCUT2D eigenvalue weighted by Gasteiger charge is -2.42. The average Bonchev–Trinajstić information content (AvgIpc) is 2.02. The molecule has 0 saturated heterocycles. The Bertz CT molecular complexity index is 160. The fraction of sp³-hybridized carbons (Fsp3) is 1.00. The molecule has 2 nitrogen and oxygen atoms in total. The van der Waals surface area contributed by atoms with E-state index in [2.05, 4.69) is 26.1 Å². The number of hydrogen-bond donors (Lipinski definition) is 1. The van der Waals surface area contributed by atoms with E-state index >= 15 is 0 Å². The molecule has 0 aromatic heterocycles. The lowest BCUT2D eigenvalue weighted by atomic mass is 9.84. The molecule has 0 radical (unpaired) electrons. The molecule has 0 atom stereocenters. The highest BCUT2D eigenvalue weighted by Gasteiger charge is 2.35. The van der Waals surface area contributed by atoms with Crippen molar-refractivity contribution in [1.82, 2.24) is 5.32 Å². The van der Waals surface area contributed by atoms with Crippen LogP contribution in [0.1, 0.15) is 52.9 Å². The summed E-state index contributed by atoms with van der Waals surface area (Å²) in [7, 11) is 2.02. The molecule has 0 amide bonds. The van der Waals surface area contributed by atoms with Gasteiger partial charge in [0.15, 0.2) is 0 Å². The summed E-state index contributed by atoms with van der Waals surface area (Å²) in [5.74, 6) is 0. The van der Waals surface area contributed by atoms with E-state index in [1.807, 2.05) is 7.05 Å². The highest BCUT2D eigenvalue weighted by molar-refractivity contribution is 4.88. The third-order valence-electron chi connectivity index (χ3n) is 2.79. The Hall–Kier alpha value is -0.0800. The Morgan fingerprint density at radius 1 is 1.14 bits per heavy atom. The molecule has 0 unspecified atom stereocenters. The summed E-state index contributed by atoms with van der Waals surface area (Å²) in [6.07, 6.45) is 6.44. The van der Waals surface area contributed by atoms with Crippen molar-refractivity contribution in [2.24, 2.45) is 0 Å². The fourth-order valence-corrected chi connectivity index (χ4v) is 2.48. The smallest absolute Gasteiger partial charge is 0.0813 e. The van der Waals surface area contributed by atoms with Gasteiger partial charge in [-0.05, 0) is 40.7 Å². The van der Waals surface area contributed by atoms with Crippen molar-refractivity contribution in [1.29, 1.82) is 0 Å². The molecule has 0 bridgehead atoms. The molecule has 14 heavy (non-hydrogen) atoms. The molecule has 1 fully saturated rings. The van der Waals surface area contributed by atoms with Gasteiger partial charge in [-0.2, -0.15) is 0 Å². The number of ether oxygens (including phenoxy) is 1. The Labute approximate surface area is 88.4 Å². The van der Waals surface area contributed by atoms with Gasteiger partial charge in [0.1, 0.15) is 0 Å². The first kappa shape index (κ1) is 12.0. The minimum Gasteiger partial charge on any atom is -0.368 e. The van der Waals surface area contributed by atoms with E-state index in [0.29, 0.717) is 0 Å². The van der Waals surface area contributed by atoms with E-state index < -0.39 is 0 Å². The molecule has 0 aromatic rings. The van der Waals surface area contributed by atoms with Gasteiger partial charge >= 0.3 is 0 Å². The maximum Gasteiger partial charge on any atom is 0.0813 e. The van der Waals surface area contributed by atoms with E-state index in [1.54, 1.807) is 0 Å². The number of rotatable bonds is 3. The third kappa shape index (κ3) is 3.58. The highest BCUT2D eigenvalue weighted by atomic mass is 16.5. The molecule has 0 aromatic carbocycles. The van der Waals surface area contributed by atoms with Gasteiger partial charge in [-0.15, -0.1) is 0 Å². The van der Waals surface area contributed by atoms with Crippen molar-refractivity contribution in [2.75, 3.05) is 13.6 Å². The van der Waals surface area contributed by atoms with Crippen molar-refractivity contribution < 1.29 is 4.74 Å². The minimum atomic E-state index is -0.0197. The van der Waals surface area contributed by atoms with Crippen LogP contribution in [-0.4, -0.2) is 24.8 Å². The Morgan fingerprint density at radius 2 is 1.71 bits per heavy atom. The van der Waals surface area contributed by atoms with Gasteiger partial charge in [0.2, 0.25) is 0 Å². The van der Waals surface area contributed by atoms with E-state index in [-0.39, 0.29) is 11.2 Å². The zero-order valence-electron chi connectivity index (χ0n) is 10.2. The molecular formula is C12H25NO. The SMILES string of the molecule is CNCC1(OC(C)(C)C)CCCCC1. The van der Waals surface area contributed by atoms with Crippen LogP contribution < -0.4 is 5.32 Å². The molecule has 1 rings (SSSR count). The molecule has 0 aliphatic heterocycles. The van der Waals surface area contributed by atoms with E-state index in [4.69, 9.17) is 4.74 Å². The summed E-state index contributed by atoms with van der Waals surface area (Å²) < 4.78 is 6.24. The zero-order valence-corrected chi connectivity index (χ0v) is 10.2. The summed E-state index contributed by atoms with van der Waals surface area (Å²) in [6.45, 7) is 7.45. The summed E-state index contributed by atoms with van der Waals surface area (Å²) in [6, 6.07) is 0. The molecular weight excluding hydrogens is 174 g/mol. The molecule has 1 N–H and O–H groups in total. The third-order valence-corrected chi connectivity index (χ3v) is 2.79. The number of hydrogen-bond acceptors (Lipinski definition) is 2. The van der Waals surface area contributed by atoms with Crippen LogP contribution in [0, 0.1) is 0 Å². The lowest BCUT2D eigenvalue weighted by molar-refractivity contribution is -0.145. The van der Waals surface area contributed by atoms with Crippen LogP contribution in [0.2, 0.25) is 0 Å². The van der Waals surface area contributed by atoms with Crippen LogP contribution in [0.15, 0.2) is 0 Å². The molecule has 0 spiro atoms. The first-order chi connectivity index (χ1) is 6.47. The summed E-state index contributed by atoms with van der Waals surface area (Å²) in [5, 5.41) is 3.28. The van der Waals surface area contributed by atoms with E-state index in [0.717, 1.165) is 6.54 Å². The van der Waals surface area contributed by atoms with Gasteiger partial charge in [0, 0.05) is 6.54 Å². The molecule has 1 saturated carbocycles. The van der Waals surface area contributed by atoms with Crippen LogP contribution in [-0.2, 0) is 4.74 Å². The lowest BCUT2D eigenvalue weighted by Crippen LogP contribution is -2.48. The molecule has 0 heterocycles. The van der Waals surface area contributed by atoms with Gasteiger partial charge in [-0.1, -0.05) is 19.3 Å². The predicted octanol–water partition coefficient (Wildman–Crippen LogP) is 2.72. The molecule has 84 valence electrons. The second kappa shape index (κ2) is 4.63. The van der Waals surface area contributed by atoms with Gasteiger partial charge < -0.3 is 10.1 Å². The Kier molecular flexibility index (Phi) is 3.96. The van der Waals surface area contributed by atoms with Gasteiger partial charge in [-0.3, -0.25) is 0 Å². The van der Waals surface area contributed by atoms with Gasteiger partial charge in [-0.25, -0.2) is 0 Å². The largest absolute Gasteiger partial charge is 0.368 e. The highest BCUT2D eigenvalue weighted by Crippen LogP contribution is 2.34. The zero-order chi connectivity index (χ0) is 10.7. The second-order valence-corrected chi connectivity index (χ2v) is 5.49. The molecule has 2 heteroatoms. The van der Waals surface area contributed by atoms with Crippen LogP contribution in [0.25, 0.3) is 0 Å². The quantitative estimate of drug-likeness (QED) is 0.754. The topological polar surface area (TPSA) is 21.3 Å². The van der Waals surface area contributed by atoms with Crippen molar-refractivity contribution >= 4 is 0 Å². The predicted molar refractivity (Wildman–Crippen MR) is 60.6 cm³/mol. The first-order valence-corrected chi connectivity index (χ1v) is 5.82. The molecule has 1 aliphatic rings. The normalized spacial score (nSPS) is 22.3. The van der Waals surface area contributed by atoms with E-state index in [9.17, 15) is 0 Å². The van der Waals surface area contributed by atoms with Crippen LogP contribution in [0.5, 0.6) is 0 Å². The summed E-state index contributed by atoms with van der Waals surface area (Å²) >= 11 is 0. The van der Waals surface area contributed by atoms with Crippen molar-refractivity contribution in [3.05, 3.63) is 0 Å². The second-order valence-electron chi connectivity index (χ2n) is 5.49. The summed E-state index contributed by atoms with van der Waals surface area (Å²) in [5.41, 5.74) is 0.0828. The van der Waals surface area contributed by atoms with Gasteiger partial charge in [0.25, 0.3) is 0 Å². The first-order valence-electron chi connectivity index (χ1n) is 5.82. The minimum absolute atomic E-state index is 0.0197. The monoisotopic (exact) mass is 199 g/mol. The van der Waals surface area contributed by atoms with Crippen LogP contribution >= 0.6 is 0 Å². The average molecular weight is 199 g/mol. The van der Waals surface area contributed by atoms with Crippen molar-refractivity contribution in [3.8, 4) is 0 Å². The summed E-state index contributed by atoms with van der Waals surface area (Å²) in [4.78, 5) is 0. The van der Waals surface area contributed by atoms with Crippen LogP contribution in [0.4, 0.5) is 0 Å². The van der Waals surface area contributed by atoms with E-state index in [1.165, 1.54) is 32.1 Å². The standard InChI is InChI=1S/C12H25NO/c1-11(2,3)14-12(10-13-4)8-6-5-7-9-12/h13H,5-10H2,1-4H3. The van der Waals surface area contributed by atoms with Crippen molar-refractivity contribution in [2.45, 2.75) is 64.1 Å². The maximum absolute atomic E-state index is 6.24. The van der Waals surface area contributed by atoms with Crippen LogP contribution in [0.3, 0.4) is 0 Å². The number of nitrogens with one attached hydrogen (secondary N) is 1. The van der Waals surface area contributed by atoms with Gasteiger partial charge in [0.05, 0.1) is 11.2 Å². The Morgan fingerprint density at radius 3 is 2.14 bits per heavy atom. The Balaban J connectivity index is 2.60. The maximum atomic E-state index is 6.24. The number of likely N-dealkylation sites (N-methyl/N-ethyl adjacent to an activating group) is 1. The van der Waals surface area contributed by atoms with Crippen molar-refractivity contribution in [3.63, 3.8) is 0 Å². The fourth-order valence-electron chi connectivity index (χ4n) is 2.48.